The Labute approximate surface area is 123 Å². The first kappa shape index (κ1) is 13.9. The SMILES string of the molecule is CCc1nnc(NC(=O)/C=C/c2cccc(Br)c2)s1. The van der Waals surface area contributed by atoms with Gasteiger partial charge in [0.2, 0.25) is 11.0 Å². The standard InChI is InChI=1S/C13H12BrN3OS/c1-2-12-16-17-13(19-12)15-11(18)7-6-9-4-3-5-10(14)8-9/h3-8H,2H2,1H3,(H,15,17,18)/b7-6+. The topological polar surface area (TPSA) is 54.9 Å². The molecule has 1 aromatic carbocycles. The Morgan fingerprint density at radius 1 is 1.47 bits per heavy atom. The Bertz CT molecular complexity index is 609. The lowest BCUT2D eigenvalue weighted by Crippen LogP contribution is -2.07. The molecule has 0 radical (unpaired) electrons. The highest BCUT2D eigenvalue weighted by Gasteiger charge is 2.04. The predicted octanol–water partition coefficient (Wildman–Crippen LogP) is 3.51. The van der Waals surface area contributed by atoms with Crippen molar-refractivity contribution in [2.45, 2.75) is 13.3 Å². The zero-order valence-electron chi connectivity index (χ0n) is 10.3. The molecule has 0 atom stereocenters. The summed E-state index contributed by atoms with van der Waals surface area (Å²) in [5.74, 6) is -0.209. The highest BCUT2D eigenvalue weighted by molar-refractivity contribution is 9.10. The minimum Gasteiger partial charge on any atom is -0.297 e. The minimum atomic E-state index is -0.209. The maximum atomic E-state index is 11.7. The second kappa shape index (κ2) is 6.58. The fourth-order valence-corrected chi connectivity index (χ4v) is 2.48. The van der Waals surface area contributed by atoms with Crippen molar-refractivity contribution in [1.82, 2.24) is 10.2 Å². The van der Waals surface area contributed by atoms with E-state index in [1.165, 1.54) is 17.4 Å². The van der Waals surface area contributed by atoms with Gasteiger partial charge in [0.05, 0.1) is 0 Å². The molecule has 19 heavy (non-hydrogen) atoms. The highest BCUT2D eigenvalue weighted by Crippen LogP contribution is 2.16. The van der Waals surface area contributed by atoms with Crippen LogP contribution >= 0.6 is 27.3 Å². The van der Waals surface area contributed by atoms with Crippen molar-refractivity contribution < 1.29 is 4.79 Å². The second-order valence-corrected chi connectivity index (χ2v) is 5.71. The van der Waals surface area contributed by atoms with Crippen LogP contribution in [-0.4, -0.2) is 16.1 Å². The third-order valence-corrected chi connectivity index (χ3v) is 3.75. The van der Waals surface area contributed by atoms with Gasteiger partial charge in [0.25, 0.3) is 0 Å². The van der Waals surface area contributed by atoms with Crippen LogP contribution in [0.3, 0.4) is 0 Å². The summed E-state index contributed by atoms with van der Waals surface area (Å²) in [4.78, 5) is 11.7. The summed E-state index contributed by atoms with van der Waals surface area (Å²) in [5.41, 5.74) is 0.955. The van der Waals surface area contributed by atoms with E-state index in [1.54, 1.807) is 6.08 Å². The summed E-state index contributed by atoms with van der Waals surface area (Å²) in [7, 11) is 0. The number of nitrogens with zero attached hydrogens (tertiary/aromatic N) is 2. The van der Waals surface area contributed by atoms with Gasteiger partial charge in [-0.3, -0.25) is 10.1 Å². The van der Waals surface area contributed by atoms with Gasteiger partial charge in [-0.25, -0.2) is 0 Å². The summed E-state index contributed by atoms with van der Waals surface area (Å²) < 4.78 is 0.978. The van der Waals surface area contributed by atoms with Crippen LogP contribution in [0.25, 0.3) is 6.08 Å². The van der Waals surface area contributed by atoms with E-state index < -0.39 is 0 Å². The molecule has 2 rings (SSSR count). The van der Waals surface area contributed by atoms with E-state index in [1.807, 2.05) is 31.2 Å². The van der Waals surface area contributed by atoms with E-state index in [4.69, 9.17) is 0 Å². The minimum absolute atomic E-state index is 0.209. The van der Waals surface area contributed by atoms with Gasteiger partial charge in [0.1, 0.15) is 5.01 Å². The first-order chi connectivity index (χ1) is 9.17. The van der Waals surface area contributed by atoms with Gasteiger partial charge in [0.15, 0.2) is 0 Å². The fraction of sp³-hybridized carbons (Fsp3) is 0.154. The molecular weight excluding hydrogens is 326 g/mol. The number of nitrogens with one attached hydrogen (secondary N) is 1. The summed E-state index contributed by atoms with van der Waals surface area (Å²) in [6.45, 7) is 2.00. The number of aryl methyl sites for hydroxylation is 1. The molecule has 0 aliphatic rings. The molecule has 1 heterocycles. The molecule has 4 nitrogen and oxygen atoms in total. The maximum absolute atomic E-state index is 11.7. The lowest BCUT2D eigenvalue weighted by atomic mass is 10.2. The predicted molar refractivity (Wildman–Crippen MR) is 81.1 cm³/mol. The molecule has 0 bridgehead atoms. The monoisotopic (exact) mass is 337 g/mol. The third-order valence-electron chi connectivity index (χ3n) is 2.28. The van der Waals surface area contributed by atoms with Crippen LogP contribution in [0.2, 0.25) is 0 Å². The number of benzene rings is 1. The molecule has 0 unspecified atom stereocenters. The van der Waals surface area contributed by atoms with E-state index >= 15 is 0 Å². The average molecular weight is 338 g/mol. The Morgan fingerprint density at radius 3 is 3.00 bits per heavy atom. The zero-order chi connectivity index (χ0) is 13.7. The Balaban J connectivity index is 1.97. The highest BCUT2D eigenvalue weighted by atomic mass is 79.9. The van der Waals surface area contributed by atoms with Crippen LogP contribution < -0.4 is 5.32 Å². The first-order valence-electron chi connectivity index (χ1n) is 5.74. The van der Waals surface area contributed by atoms with Crippen LogP contribution in [-0.2, 0) is 11.2 Å². The number of rotatable bonds is 4. The molecular formula is C13H12BrN3OS. The summed E-state index contributed by atoms with van der Waals surface area (Å²) in [6, 6.07) is 7.71. The lowest BCUT2D eigenvalue weighted by molar-refractivity contribution is -0.111. The van der Waals surface area contributed by atoms with Crippen molar-refractivity contribution in [3.05, 3.63) is 45.4 Å². The number of carbonyl (C=O) groups is 1. The molecule has 0 aliphatic carbocycles. The number of anilines is 1. The zero-order valence-corrected chi connectivity index (χ0v) is 12.7. The summed E-state index contributed by atoms with van der Waals surface area (Å²) in [6.07, 6.45) is 4.05. The summed E-state index contributed by atoms with van der Waals surface area (Å²) in [5, 5.41) is 12.0. The first-order valence-corrected chi connectivity index (χ1v) is 7.35. The number of hydrogen-bond acceptors (Lipinski definition) is 4. The van der Waals surface area contributed by atoms with Gasteiger partial charge < -0.3 is 0 Å². The molecule has 98 valence electrons. The Hall–Kier alpha value is -1.53. The van der Waals surface area contributed by atoms with Crippen molar-refractivity contribution in [1.29, 1.82) is 0 Å². The molecule has 1 amide bonds. The number of halogens is 1. The van der Waals surface area contributed by atoms with Gasteiger partial charge in [0, 0.05) is 10.5 Å². The Kier molecular flexibility index (Phi) is 4.81. The van der Waals surface area contributed by atoms with Gasteiger partial charge >= 0.3 is 0 Å². The molecule has 0 saturated carbocycles. The second-order valence-electron chi connectivity index (χ2n) is 3.73. The lowest BCUT2D eigenvalue weighted by Gasteiger charge is -1.96. The van der Waals surface area contributed by atoms with Crippen LogP contribution in [0.4, 0.5) is 5.13 Å². The van der Waals surface area contributed by atoms with Crippen LogP contribution in [0.15, 0.2) is 34.8 Å². The molecule has 1 aromatic heterocycles. The van der Waals surface area contributed by atoms with Crippen molar-refractivity contribution >= 4 is 44.4 Å². The van der Waals surface area contributed by atoms with Crippen molar-refractivity contribution in [2.24, 2.45) is 0 Å². The maximum Gasteiger partial charge on any atom is 0.250 e. The number of amides is 1. The molecule has 0 fully saturated rings. The molecule has 0 spiro atoms. The van der Waals surface area contributed by atoms with Crippen molar-refractivity contribution in [3.8, 4) is 0 Å². The van der Waals surface area contributed by atoms with Gasteiger partial charge in [-0.05, 0) is 30.2 Å². The Morgan fingerprint density at radius 2 is 2.32 bits per heavy atom. The number of hydrogen-bond donors (Lipinski definition) is 1. The molecule has 1 N–H and O–H groups in total. The third kappa shape index (κ3) is 4.25. The van der Waals surface area contributed by atoms with Crippen molar-refractivity contribution in [2.75, 3.05) is 5.32 Å². The van der Waals surface area contributed by atoms with Crippen LogP contribution in [0.1, 0.15) is 17.5 Å². The van der Waals surface area contributed by atoms with E-state index in [0.717, 1.165) is 21.5 Å². The van der Waals surface area contributed by atoms with Gasteiger partial charge in [-0.15, -0.1) is 10.2 Å². The van der Waals surface area contributed by atoms with E-state index in [9.17, 15) is 4.79 Å². The number of aromatic nitrogens is 2. The molecule has 0 aliphatic heterocycles. The number of carbonyl (C=O) groups excluding carboxylic acids is 1. The van der Waals surface area contributed by atoms with E-state index in [2.05, 4.69) is 31.4 Å². The molecule has 0 saturated heterocycles. The van der Waals surface area contributed by atoms with Gasteiger partial charge in [-0.2, -0.15) is 0 Å². The fourth-order valence-electron chi connectivity index (χ4n) is 1.38. The van der Waals surface area contributed by atoms with E-state index in [0.29, 0.717) is 5.13 Å². The molecule has 2 aromatic rings. The molecule has 6 heteroatoms. The van der Waals surface area contributed by atoms with Crippen LogP contribution in [0, 0.1) is 0 Å². The van der Waals surface area contributed by atoms with Crippen LogP contribution in [0.5, 0.6) is 0 Å². The quantitative estimate of drug-likeness (QED) is 0.868. The normalized spacial score (nSPS) is 10.8. The van der Waals surface area contributed by atoms with Crippen molar-refractivity contribution in [3.63, 3.8) is 0 Å². The smallest absolute Gasteiger partial charge is 0.250 e. The summed E-state index contributed by atoms with van der Waals surface area (Å²) >= 11 is 4.77. The largest absolute Gasteiger partial charge is 0.297 e. The average Bonchev–Trinajstić information content (AvgIpc) is 2.84. The van der Waals surface area contributed by atoms with E-state index in [-0.39, 0.29) is 5.91 Å². The van der Waals surface area contributed by atoms with Gasteiger partial charge in [-0.1, -0.05) is 46.3 Å².